The number of thiazole rings is 1. The Kier molecular flexibility index (Phi) is 5.15. The van der Waals surface area contributed by atoms with Crippen LogP contribution >= 0.6 is 11.3 Å². The van der Waals surface area contributed by atoms with E-state index < -0.39 is 28.9 Å². The number of hydrazone groups is 1. The number of fused-ring (bicyclic) bond motifs is 1. The number of para-hydroxylation sites is 1. The number of alkyl halides is 3. The van der Waals surface area contributed by atoms with Crippen LogP contribution < -0.4 is 11.0 Å². The molecule has 3 aromatic heterocycles. The molecule has 0 aliphatic carbocycles. The van der Waals surface area contributed by atoms with Gasteiger partial charge in [-0.15, -0.1) is 0 Å². The van der Waals surface area contributed by atoms with Crippen LogP contribution in [0.1, 0.15) is 28.5 Å². The summed E-state index contributed by atoms with van der Waals surface area (Å²) >= 11 is 1.06. The first-order valence-corrected chi connectivity index (χ1v) is 9.60. The van der Waals surface area contributed by atoms with Gasteiger partial charge in [-0.1, -0.05) is 23.5 Å². The van der Waals surface area contributed by atoms with Crippen LogP contribution in [0.25, 0.3) is 15.3 Å². The third kappa shape index (κ3) is 3.97. The fourth-order valence-electron chi connectivity index (χ4n) is 2.83. The number of aromatic nitrogens is 4. The fraction of sp³-hybridized carbons (Fsp3) is 0.105. The van der Waals surface area contributed by atoms with Gasteiger partial charge >= 0.3 is 6.18 Å². The molecular formula is C19H13F3N6O2S. The van der Waals surface area contributed by atoms with E-state index in [1.165, 1.54) is 31.5 Å². The van der Waals surface area contributed by atoms with Gasteiger partial charge in [-0.25, -0.2) is 10.4 Å². The van der Waals surface area contributed by atoms with Crippen molar-refractivity contribution in [2.24, 2.45) is 5.10 Å². The molecule has 0 atom stereocenters. The van der Waals surface area contributed by atoms with E-state index in [0.717, 1.165) is 16.0 Å². The Morgan fingerprint density at radius 3 is 2.58 bits per heavy atom. The van der Waals surface area contributed by atoms with Gasteiger partial charge in [0.15, 0.2) is 5.69 Å². The SMILES string of the molecule is C/C(=N/NC(=O)c1ccncc1)c1c(C(F)(F)F)[nH]n(-c2nc3ccccc3s2)c1=O. The molecule has 1 aromatic carbocycles. The molecule has 31 heavy (non-hydrogen) atoms. The molecule has 0 saturated heterocycles. The maximum absolute atomic E-state index is 13.6. The normalized spacial score (nSPS) is 12.3. The summed E-state index contributed by atoms with van der Waals surface area (Å²) in [6.45, 7) is 1.20. The second-order valence-electron chi connectivity index (χ2n) is 6.34. The van der Waals surface area contributed by atoms with Crippen LogP contribution in [-0.2, 0) is 6.18 Å². The average molecular weight is 446 g/mol. The Bertz CT molecular complexity index is 1320. The molecule has 3 heterocycles. The Morgan fingerprint density at radius 2 is 1.90 bits per heavy atom. The number of rotatable bonds is 4. The lowest BCUT2D eigenvalue weighted by atomic mass is 10.1. The zero-order chi connectivity index (χ0) is 22.2. The zero-order valence-corrected chi connectivity index (χ0v) is 16.6. The molecule has 158 valence electrons. The number of benzene rings is 1. The van der Waals surface area contributed by atoms with Gasteiger partial charge in [-0.3, -0.25) is 19.7 Å². The number of hydrogen-bond donors (Lipinski definition) is 2. The standard InChI is InChI=1S/C19H13F3N6O2S/c1-10(25-26-16(29)11-6-8-23-9-7-11)14-15(19(20,21)22)27-28(17(14)30)18-24-12-4-2-3-5-13(12)31-18/h2-9,27H,1H3,(H,26,29)/b25-10-. The summed E-state index contributed by atoms with van der Waals surface area (Å²) in [5.41, 5.74) is -0.364. The lowest BCUT2D eigenvalue weighted by molar-refractivity contribution is -0.141. The maximum Gasteiger partial charge on any atom is 0.433 e. The number of H-pyrrole nitrogens is 1. The molecule has 12 heteroatoms. The van der Waals surface area contributed by atoms with Crippen molar-refractivity contribution in [2.45, 2.75) is 13.1 Å². The van der Waals surface area contributed by atoms with Crippen LogP contribution in [0.5, 0.6) is 0 Å². The second-order valence-corrected chi connectivity index (χ2v) is 7.35. The van der Waals surface area contributed by atoms with E-state index in [1.54, 1.807) is 24.3 Å². The Labute approximate surface area is 176 Å². The number of amides is 1. The molecule has 0 fully saturated rings. The first kappa shape index (κ1) is 20.5. The molecule has 0 spiro atoms. The van der Waals surface area contributed by atoms with Crippen molar-refractivity contribution >= 4 is 33.2 Å². The minimum absolute atomic E-state index is 0.0524. The third-order valence-electron chi connectivity index (χ3n) is 4.28. The van der Waals surface area contributed by atoms with Crippen molar-refractivity contribution in [3.8, 4) is 5.13 Å². The maximum atomic E-state index is 13.6. The van der Waals surface area contributed by atoms with E-state index in [9.17, 15) is 22.8 Å². The zero-order valence-electron chi connectivity index (χ0n) is 15.8. The number of nitrogens with one attached hydrogen (secondary N) is 2. The van der Waals surface area contributed by atoms with Gasteiger partial charge in [-0.2, -0.15) is 23.0 Å². The predicted molar refractivity (Wildman–Crippen MR) is 108 cm³/mol. The van der Waals surface area contributed by atoms with Gasteiger partial charge < -0.3 is 0 Å². The van der Waals surface area contributed by atoms with Crippen LogP contribution in [0, 0.1) is 0 Å². The lowest BCUT2D eigenvalue weighted by Gasteiger charge is -2.06. The fourth-order valence-corrected chi connectivity index (χ4v) is 3.75. The van der Waals surface area contributed by atoms with Gasteiger partial charge in [-0.05, 0) is 31.2 Å². The highest BCUT2D eigenvalue weighted by molar-refractivity contribution is 7.20. The molecule has 8 nitrogen and oxygen atoms in total. The summed E-state index contributed by atoms with van der Waals surface area (Å²) in [5.74, 6) is -0.655. The van der Waals surface area contributed by atoms with Gasteiger partial charge in [0.1, 0.15) is 0 Å². The molecule has 4 rings (SSSR count). The number of carbonyl (C=O) groups is 1. The molecule has 4 aromatic rings. The van der Waals surface area contributed by atoms with Crippen molar-refractivity contribution in [1.29, 1.82) is 0 Å². The average Bonchev–Trinajstić information content (AvgIpc) is 3.33. The first-order valence-electron chi connectivity index (χ1n) is 8.79. The molecular weight excluding hydrogens is 433 g/mol. The van der Waals surface area contributed by atoms with Gasteiger partial charge in [0.05, 0.1) is 21.5 Å². The smallest absolute Gasteiger partial charge is 0.284 e. The predicted octanol–water partition coefficient (Wildman–Crippen LogP) is 3.34. The van der Waals surface area contributed by atoms with E-state index in [2.05, 4.69) is 25.6 Å². The highest BCUT2D eigenvalue weighted by Gasteiger charge is 2.39. The molecule has 0 aliphatic rings. The van der Waals surface area contributed by atoms with Crippen LogP contribution in [-0.4, -0.2) is 31.4 Å². The quantitative estimate of drug-likeness (QED) is 0.371. The van der Waals surface area contributed by atoms with Crippen LogP contribution in [0.15, 0.2) is 58.7 Å². The number of carbonyl (C=O) groups excluding carboxylic acids is 1. The summed E-state index contributed by atoms with van der Waals surface area (Å²) in [4.78, 5) is 33.0. The third-order valence-corrected chi connectivity index (χ3v) is 5.30. The summed E-state index contributed by atoms with van der Waals surface area (Å²) in [6, 6.07) is 9.76. The van der Waals surface area contributed by atoms with Crippen LogP contribution in [0.2, 0.25) is 0 Å². The summed E-state index contributed by atoms with van der Waals surface area (Å²) < 4.78 is 42.3. The number of pyridine rings is 1. The molecule has 0 saturated carbocycles. The molecule has 0 radical (unpaired) electrons. The van der Waals surface area contributed by atoms with E-state index in [4.69, 9.17) is 0 Å². The molecule has 1 amide bonds. The lowest BCUT2D eigenvalue weighted by Crippen LogP contribution is -2.24. The number of aromatic amines is 1. The van der Waals surface area contributed by atoms with E-state index in [-0.39, 0.29) is 16.4 Å². The highest BCUT2D eigenvalue weighted by Crippen LogP contribution is 2.31. The van der Waals surface area contributed by atoms with E-state index in [0.29, 0.717) is 10.2 Å². The van der Waals surface area contributed by atoms with E-state index >= 15 is 0 Å². The Balaban J connectivity index is 1.76. The van der Waals surface area contributed by atoms with Gasteiger partial charge in [0.25, 0.3) is 11.5 Å². The number of hydrogen-bond acceptors (Lipinski definition) is 6. The Morgan fingerprint density at radius 1 is 1.19 bits per heavy atom. The van der Waals surface area contributed by atoms with Crippen molar-refractivity contribution in [2.75, 3.05) is 0 Å². The summed E-state index contributed by atoms with van der Waals surface area (Å²) in [6.07, 6.45) is -2.09. The number of halogens is 3. The molecule has 2 N–H and O–H groups in total. The molecule has 0 unspecified atom stereocenters. The van der Waals surface area contributed by atoms with Gasteiger partial charge in [0.2, 0.25) is 5.13 Å². The molecule has 0 bridgehead atoms. The van der Waals surface area contributed by atoms with Crippen molar-refractivity contribution in [3.63, 3.8) is 0 Å². The monoisotopic (exact) mass is 446 g/mol. The van der Waals surface area contributed by atoms with Gasteiger partial charge in [0, 0.05) is 18.0 Å². The number of nitrogens with zero attached hydrogens (tertiary/aromatic N) is 4. The van der Waals surface area contributed by atoms with Crippen molar-refractivity contribution < 1.29 is 18.0 Å². The largest absolute Gasteiger partial charge is 0.433 e. The molecule has 0 aliphatic heterocycles. The van der Waals surface area contributed by atoms with Crippen molar-refractivity contribution in [1.82, 2.24) is 25.2 Å². The first-order chi connectivity index (χ1) is 14.8. The van der Waals surface area contributed by atoms with Crippen LogP contribution in [0.4, 0.5) is 13.2 Å². The second kappa shape index (κ2) is 7.80. The van der Waals surface area contributed by atoms with Crippen LogP contribution in [0.3, 0.4) is 0 Å². The summed E-state index contributed by atoms with van der Waals surface area (Å²) in [7, 11) is 0. The minimum Gasteiger partial charge on any atom is -0.284 e. The Hall–Kier alpha value is -3.80. The highest BCUT2D eigenvalue weighted by atomic mass is 32.1. The van der Waals surface area contributed by atoms with Crippen molar-refractivity contribution in [3.05, 3.63) is 76.0 Å². The summed E-state index contributed by atoms with van der Waals surface area (Å²) in [5, 5.41) is 5.85. The topological polar surface area (TPSA) is 105 Å². The minimum atomic E-state index is -4.86. The van der Waals surface area contributed by atoms with E-state index in [1.807, 2.05) is 0 Å².